The van der Waals surface area contributed by atoms with Gasteiger partial charge in [-0.05, 0) is 48.7 Å². The van der Waals surface area contributed by atoms with E-state index in [-0.39, 0.29) is 12.1 Å². The number of amides is 2. The normalized spacial score (nSPS) is 18.3. The molecule has 0 aliphatic carbocycles. The Hall–Kier alpha value is -2.88. The molecule has 2 amide bonds. The van der Waals surface area contributed by atoms with E-state index < -0.39 is 23.4 Å². The topological polar surface area (TPSA) is 38.8 Å². The number of rotatable bonds is 4. The second-order valence-corrected chi connectivity index (χ2v) is 8.77. The zero-order chi connectivity index (χ0) is 24.3. The second-order valence-electron chi connectivity index (χ2n) is 8.77. The first-order chi connectivity index (χ1) is 16.2. The highest BCUT2D eigenvalue weighted by atomic mass is 19.4. The molecule has 184 valence electrons. The lowest BCUT2D eigenvalue weighted by atomic mass is 10.0. The molecule has 5 nitrogen and oxygen atoms in total. The van der Waals surface area contributed by atoms with Crippen LogP contribution in [0.15, 0.2) is 42.5 Å². The van der Waals surface area contributed by atoms with Crippen LogP contribution in [0.1, 0.15) is 24.0 Å². The lowest BCUT2D eigenvalue weighted by Crippen LogP contribution is -2.54. The van der Waals surface area contributed by atoms with E-state index in [1.807, 2.05) is 4.90 Å². The number of hydrogen-bond donors (Lipinski definition) is 1. The minimum atomic E-state index is -4.39. The third-order valence-corrected chi connectivity index (χ3v) is 6.41. The molecular weight excluding hydrogens is 455 g/mol. The summed E-state index contributed by atoms with van der Waals surface area (Å²) < 4.78 is 65.4. The molecule has 0 aromatic heterocycles. The highest BCUT2D eigenvalue weighted by molar-refractivity contribution is 5.75. The first-order valence-corrected chi connectivity index (χ1v) is 11.3. The van der Waals surface area contributed by atoms with Crippen LogP contribution in [-0.2, 0) is 12.7 Å². The lowest BCUT2D eigenvalue weighted by Gasteiger charge is -2.38. The van der Waals surface area contributed by atoms with Gasteiger partial charge in [-0.15, -0.1) is 0 Å². The van der Waals surface area contributed by atoms with Crippen molar-refractivity contribution in [2.24, 2.45) is 0 Å². The van der Waals surface area contributed by atoms with E-state index in [4.69, 9.17) is 0 Å². The fourth-order valence-electron chi connectivity index (χ4n) is 4.44. The van der Waals surface area contributed by atoms with Gasteiger partial charge in [0, 0.05) is 57.5 Å². The molecule has 4 rings (SSSR count). The summed E-state index contributed by atoms with van der Waals surface area (Å²) >= 11 is 0. The van der Waals surface area contributed by atoms with Gasteiger partial charge in [0.25, 0.3) is 0 Å². The number of carbonyl (C=O) groups excluding carboxylic acids is 1. The van der Waals surface area contributed by atoms with E-state index in [0.29, 0.717) is 44.0 Å². The number of piperazine rings is 1. The largest absolute Gasteiger partial charge is 0.416 e. The highest BCUT2D eigenvalue weighted by Gasteiger charge is 2.31. The van der Waals surface area contributed by atoms with Crippen molar-refractivity contribution in [2.75, 3.05) is 44.2 Å². The fourth-order valence-corrected chi connectivity index (χ4v) is 4.44. The molecule has 1 N–H and O–H groups in total. The van der Waals surface area contributed by atoms with Crippen LogP contribution in [0.4, 0.5) is 32.4 Å². The molecule has 34 heavy (non-hydrogen) atoms. The maximum absolute atomic E-state index is 13.4. The monoisotopic (exact) mass is 482 g/mol. The third kappa shape index (κ3) is 5.97. The predicted molar refractivity (Wildman–Crippen MR) is 118 cm³/mol. The van der Waals surface area contributed by atoms with Crippen LogP contribution < -0.4 is 10.2 Å². The molecule has 2 aliphatic rings. The maximum Gasteiger partial charge on any atom is 0.416 e. The average molecular weight is 482 g/mol. The van der Waals surface area contributed by atoms with Crippen LogP contribution in [0.5, 0.6) is 0 Å². The smallest absolute Gasteiger partial charge is 0.368 e. The quantitative estimate of drug-likeness (QED) is 0.654. The number of nitrogens with zero attached hydrogens (tertiary/aromatic N) is 3. The Balaban J connectivity index is 1.21. The van der Waals surface area contributed by atoms with E-state index in [9.17, 15) is 26.7 Å². The standard InChI is InChI=1S/C24H27F5N4O/c25-21-5-4-17(14-22(21)26)16-31-8-6-19(7-9-31)30-23(34)33-12-10-32(11-13-33)20-3-1-2-18(15-20)24(27,28)29/h1-5,14-15,19H,6-13,16H2,(H,30,34). The van der Waals surface area contributed by atoms with Crippen LogP contribution in [-0.4, -0.2) is 61.1 Å². The van der Waals surface area contributed by atoms with E-state index >= 15 is 0 Å². The number of hydrogen-bond acceptors (Lipinski definition) is 3. The summed E-state index contributed by atoms with van der Waals surface area (Å²) in [6.07, 6.45) is -2.89. The van der Waals surface area contributed by atoms with Gasteiger partial charge in [0.15, 0.2) is 11.6 Å². The van der Waals surface area contributed by atoms with Gasteiger partial charge < -0.3 is 15.1 Å². The van der Waals surface area contributed by atoms with Gasteiger partial charge in [-0.3, -0.25) is 4.90 Å². The van der Waals surface area contributed by atoms with Gasteiger partial charge >= 0.3 is 12.2 Å². The Kier molecular flexibility index (Phi) is 7.25. The summed E-state index contributed by atoms with van der Waals surface area (Å²) in [5.41, 5.74) is 0.532. The highest BCUT2D eigenvalue weighted by Crippen LogP contribution is 2.32. The molecular formula is C24H27F5N4O. The average Bonchev–Trinajstić information content (AvgIpc) is 2.82. The van der Waals surface area contributed by atoms with Crippen LogP contribution in [0.3, 0.4) is 0 Å². The molecule has 2 aromatic rings. The zero-order valence-electron chi connectivity index (χ0n) is 18.6. The van der Waals surface area contributed by atoms with Crippen molar-refractivity contribution >= 4 is 11.7 Å². The first kappa shape index (κ1) is 24.3. The van der Waals surface area contributed by atoms with Gasteiger partial charge in [-0.1, -0.05) is 12.1 Å². The molecule has 2 heterocycles. The summed E-state index contributed by atoms with van der Waals surface area (Å²) in [7, 11) is 0. The number of urea groups is 1. The number of carbonyl (C=O) groups is 1. The van der Waals surface area contributed by atoms with Gasteiger partial charge in [-0.25, -0.2) is 13.6 Å². The summed E-state index contributed by atoms with van der Waals surface area (Å²) in [6.45, 7) is 3.76. The Morgan fingerprint density at radius 3 is 2.26 bits per heavy atom. The molecule has 2 aliphatic heterocycles. The van der Waals surface area contributed by atoms with Crippen LogP contribution in [0.25, 0.3) is 0 Å². The Morgan fingerprint density at radius 1 is 0.912 bits per heavy atom. The summed E-state index contributed by atoms with van der Waals surface area (Å²) in [4.78, 5) is 18.4. The number of piperidine rings is 1. The molecule has 0 atom stereocenters. The Bertz CT molecular complexity index is 999. The van der Waals surface area contributed by atoms with Crippen molar-refractivity contribution in [2.45, 2.75) is 31.6 Å². The van der Waals surface area contributed by atoms with Crippen molar-refractivity contribution in [3.63, 3.8) is 0 Å². The molecule has 0 radical (unpaired) electrons. The molecule has 0 bridgehead atoms. The second kappa shape index (κ2) is 10.2. The van der Waals surface area contributed by atoms with Crippen molar-refractivity contribution < 1.29 is 26.7 Å². The minimum Gasteiger partial charge on any atom is -0.368 e. The van der Waals surface area contributed by atoms with E-state index in [0.717, 1.165) is 44.1 Å². The summed E-state index contributed by atoms with van der Waals surface area (Å²) in [6, 6.07) is 9.02. The van der Waals surface area contributed by atoms with E-state index in [1.165, 1.54) is 12.1 Å². The SMILES string of the molecule is O=C(NC1CCN(Cc2ccc(F)c(F)c2)CC1)N1CCN(c2cccc(C(F)(F)F)c2)CC1. The molecule has 0 spiro atoms. The van der Waals surface area contributed by atoms with Crippen LogP contribution >= 0.6 is 0 Å². The number of likely N-dealkylation sites (tertiary alicyclic amines) is 1. The van der Waals surface area contributed by atoms with Gasteiger partial charge in [0.05, 0.1) is 5.56 Å². The molecule has 10 heteroatoms. The van der Waals surface area contributed by atoms with Crippen molar-refractivity contribution in [1.82, 2.24) is 15.1 Å². The van der Waals surface area contributed by atoms with E-state index in [2.05, 4.69) is 10.2 Å². The van der Waals surface area contributed by atoms with Crippen molar-refractivity contribution in [3.05, 3.63) is 65.2 Å². The summed E-state index contributed by atoms with van der Waals surface area (Å²) in [5, 5.41) is 3.06. The van der Waals surface area contributed by atoms with Crippen molar-refractivity contribution in [1.29, 1.82) is 0 Å². The third-order valence-electron chi connectivity index (χ3n) is 6.41. The fraction of sp³-hybridized carbons (Fsp3) is 0.458. The van der Waals surface area contributed by atoms with Gasteiger partial charge in [0.1, 0.15) is 0 Å². The maximum atomic E-state index is 13.4. The molecule has 0 unspecified atom stereocenters. The van der Waals surface area contributed by atoms with Crippen LogP contribution in [0, 0.1) is 11.6 Å². The number of anilines is 1. The lowest BCUT2D eigenvalue weighted by molar-refractivity contribution is -0.137. The number of halogens is 5. The van der Waals surface area contributed by atoms with Crippen molar-refractivity contribution in [3.8, 4) is 0 Å². The molecule has 2 saturated heterocycles. The molecule has 2 aromatic carbocycles. The zero-order valence-corrected chi connectivity index (χ0v) is 18.6. The number of alkyl halides is 3. The van der Waals surface area contributed by atoms with Gasteiger partial charge in [-0.2, -0.15) is 13.2 Å². The minimum absolute atomic E-state index is 0.0233. The first-order valence-electron chi connectivity index (χ1n) is 11.3. The Morgan fingerprint density at radius 2 is 1.62 bits per heavy atom. The van der Waals surface area contributed by atoms with Gasteiger partial charge in [0.2, 0.25) is 0 Å². The Labute approximate surface area is 195 Å². The molecule has 0 saturated carbocycles. The number of benzene rings is 2. The summed E-state index contributed by atoms with van der Waals surface area (Å²) in [5.74, 6) is -1.71. The van der Waals surface area contributed by atoms with Crippen LogP contribution in [0.2, 0.25) is 0 Å². The van der Waals surface area contributed by atoms with E-state index in [1.54, 1.807) is 17.0 Å². The predicted octanol–water partition coefficient (Wildman–Crippen LogP) is 4.48. The number of nitrogens with one attached hydrogen (secondary N) is 1. The molecule has 2 fully saturated rings.